The number of ether oxygens (including phenoxy) is 1. The Balaban J connectivity index is 1.30. The molecule has 4 aromatic rings. The summed E-state index contributed by atoms with van der Waals surface area (Å²) in [5.74, 6) is -1.20. The van der Waals surface area contributed by atoms with Crippen molar-refractivity contribution in [3.63, 3.8) is 0 Å². The Kier molecular flexibility index (Phi) is 9.09. The normalized spacial score (nSPS) is 22.6. The fourth-order valence-corrected chi connectivity index (χ4v) is 10.1. The highest BCUT2D eigenvalue weighted by molar-refractivity contribution is 6.71. The lowest BCUT2D eigenvalue weighted by Crippen LogP contribution is -2.46. The van der Waals surface area contributed by atoms with Crippen LogP contribution < -0.4 is 16.0 Å². The van der Waals surface area contributed by atoms with Gasteiger partial charge in [-0.1, -0.05) is 48.5 Å². The van der Waals surface area contributed by atoms with Gasteiger partial charge < -0.3 is 30.6 Å². The van der Waals surface area contributed by atoms with E-state index < -0.39 is 20.0 Å². The van der Waals surface area contributed by atoms with Gasteiger partial charge in [-0.25, -0.2) is 0 Å². The number of aliphatic hydroxyl groups is 1. The lowest BCUT2D eigenvalue weighted by atomic mass is 9.82. The predicted molar refractivity (Wildman–Crippen MR) is 187 cm³/mol. The number of benzene rings is 3. The standard InChI is InChI=1S/C36H42N6O5Si/c1-5-18-42-31-16-15-27(38-34(44)25-11-13-26(37)14-12-25)20-29(31)36(35(42)45)23(2)33(48(3,4)46)32(47-36)17-19-41-21-30(39-40-41)28(22-43)24-9-7-6-8-10-24/h5-16,20-21,23,28,32-33,43,46H,1,17-19,22,37H2,2-4H3,(H,38,44)/t23-,28?,32+,33-,36+/m0/s1. The van der Waals surface area contributed by atoms with Crippen molar-refractivity contribution in [2.24, 2.45) is 5.92 Å². The van der Waals surface area contributed by atoms with E-state index >= 15 is 0 Å². The number of carbonyl (C=O) groups is 2. The van der Waals surface area contributed by atoms with Crippen molar-refractivity contribution >= 4 is 37.2 Å². The van der Waals surface area contributed by atoms with Crippen LogP contribution in [0, 0.1) is 5.92 Å². The first-order chi connectivity index (χ1) is 23.0. The van der Waals surface area contributed by atoms with Gasteiger partial charge in [0.05, 0.1) is 30.0 Å². The average molecular weight is 667 g/mol. The Hall–Kier alpha value is -4.62. The molecular formula is C36H42N6O5Si. The first kappa shape index (κ1) is 33.3. The van der Waals surface area contributed by atoms with E-state index in [1.165, 1.54) is 0 Å². The molecule has 5 N–H and O–H groups in total. The summed E-state index contributed by atoms with van der Waals surface area (Å²) in [6, 6.07) is 21.7. The van der Waals surface area contributed by atoms with Crippen LogP contribution in [0.1, 0.15) is 46.4 Å². The van der Waals surface area contributed by atoms with E-state index in [0.717, 1.165) is 5.56 Å². The van der Waals surface area contributed by atoms with E-state index in [1.807, 2.05) is 68.7 Å². The second-order valence-electron chi connectivity index (χ2n) is 13.2. The number of aliphatic hydroxyl groups excluding tert-OH is 1. The Morgan fingerprint density at radius 2 is 1.90 bits per heavy atom. The number of nitrogen functional groups attached to an aromatic ring is 1. The zero-order chi connectivity index (χ0) is 34.2. The molecule has 0 bridgehead atoms. The molecule has 0 radical (unpaired) electrons. The van der Waals surface area contributed by atoms with Gasteiger partial charge in [-0.3, -0.25) is 14.3 Å². The van der Waals surface area contributed by atoms with Crippen molar-refractivity contribution in [3.05, 3.63) is 114 Å². The minimum atomic E-state index is -2.90. The lowest BCUT2D eigenvalue weighted by molar-refractivity contribution is -0.145. The highest BCUT2D eigenvalue weighted by atomic mass is 28.4. The molecule has 12 heteroatoms. The Morgan fingerprint density at radius 1 is 1.17 bits per heavy atom. The van der Waals surface area contributed by atoms with Crippen LogP contribution in [0.5, 0.6) is 0 Å². The van der Waals surface area contributed by atoms with Gasteiger partial charge in [-0.15, -0.1) is 11.7 Å². The van der Waals surface area contributed by atoms with E-state index in [0.29, 0.717) is 46.8 Å². The second kappa shape index (κ2) is 13.1. The zero-order valence-electron chi connectivity index (χ0n) is 27.4. The molecule has 1 spiro atoms. The summed E-state index contributed by atoms with van der Waals surface area (Å²) in [6.45, 7) is 10.2. The number of nitrogens with zero attached hydrogens (tertiary/aromatic N) is 4. The van der Waals surface area contributed by atoms with Crippen LogP contribution in [0.25, 0.3) is 0 Å². The molecule has 1 unspecified atom stereocenters. The number of hydrogen-bond donors (Lipinski definition) is 4. The summed E-state index contributed by atoms with van der Waals surface area (Å²) < 4.78 is 8.65. The minimum absolute atomic E-state index is 0.105. The molecule has 11 nitrogen and oxygen atoms in total. The summed E-state index contributed by atoms with van der Waals surface area (Å²) >= 11 is 0. The SMILES string of the molecule is C=CCN1C(=O)[C@]2(O[C@H](CCn3cc(C(CO)c4ccccc4)nn3)[C@@H]([Si](C)(C)O)[C@@H]2C)c2cc(NC(=O)c3ccc(N)cc3)ccc21. The maximum atomic E-state index is 14.4. The number of nitrogens with one attached hydrogen (secondary N) is 1. The molecule has 1 aromatic heterocycles. The Morgan fingerprint density at radius 3 is 2.56 bits per heavy atom. The maximum absolute atomic E-state index is 14.4. The molecule has 48 heavy (non-hydrogen) atoms. The fraction of sp³-hybridized carbons (Fsp3) is 0.333. The van der Waals surface area contributed by atoms with E-state index in [-0.39, 0.29) is 42.3 Å². The summed E-state index contributed by atoms with van der Waals surface area (Å²) in [5, 5.41) is 21.8. The number of hydrogen-bond acceptors (Lipinski definition) is 8. The molecule has 250 valence electrons. The van der Waals surface area contributed by atoms with Gasteiger partial charge in [0, 0.05) is 53.2 Å². The summed E-state index contributed by atoms with van der Waals surface area (Å²) in [6.07, 6.45) is 3.52. The molecule has 6 rings (SSSR count). The molecule has 5 atom stereocenters. The van der Waals surface area contributed by atoms with E-state index in [2.05, 4.69) is 22.2 Å². The monoisotopic (exact) mass is 666 g/mol. The predicted octanol–water partition coefficient (Wildman–Crippen LogP) is 4.66. The molecule has 1 fully saturated rings. The van der Waals surface area contributed by atoms with Gasteiger partial charge in [0.25, 0.3) is 11.8 Å². The quantitative estimate of drug-likeness (QED) is 0.102. The molecule has 0 aliphatic carbocycles. The molecule has 1 saturated heterocycles. The van der Waals surface area contributed by atoms with Gasteiger partial charge in [0.1, 0.15) is 0 Å². The molecule has 2 aliphatic rings. The van der Waals surface area contributed by atoms with Crippen LogP contribution in [-0.2, 0) is 21.7 Å². The molecule has 2 aliphatic heterocycles. The van der Waals surface area contributed by atoms with Gasteiger partial charge in [0.2, 0.25) is 0 Å². The average Bonchev–Trinajstić information content (AvgIpc) is 3.71. The van der Waals surface area contributed by atoms with E-state index in [1.54, 1.807) is 46.0 Å². The van der Waals surface area contributed by atoms with Crippen molar-refractivity contribution < 1.29 is 24.2 Å². The Bertz CT molecular complexity index is 1810. The number of anilines is 3. The maximum Gasteiger partial charge on any atom is 0.264 e. The third-order valence-corrected chi connectivity index (χ3v) is 12.2. The van der Waals surface area contributed by atoms with Crippen LogP contribution in [0.15, 0.2) is 91.6 Å². The lowest BCUT2D eigenvalue weighted by Gasteiger charge is -2.32. The summed E-state index contributed by atoms with van der Waals surface area (Å²) in [4.78, 5) is 40.9. The largest absolute Gasteiger partial charge is 0.432 e. The number of aromatic nitrogens is 3. The first-order valence-corrected chi connectivity index (χ1v) is 19.2. The summed E-state index contributed by atoms with van der Waals surface area (Å²) in [7, 11) is -2.90. The third kappa shape index (κ3) is 5.96. The zero-order valence-corrected chi connectivity index (χ0v) is 28.4. The van der Waals surface area contributed by atoms with Crippen LogP contribution >= 0.6 is 0 Å². The van der Waals surface area contributed by atoms with Crippen molar-refractivity contribution in [2.45, 2.75) is 56.1 Å². The van der Waals surface area contributed by atoms with E-state index in [4.69, 9.17) is 10.5 Å². The van der Waals surface area contributed by atoms with E-state index in [9.17, 15) is 19.5 Å². The smallest absolute Gasteiger partial charge is 0.264 e. The fourth-order valence-electron chi connectivity index (χ4n) is 7.47. The number of nitrogens with two attached hydrogens (primary N) is 1. The molecule has 2 amide bonds. The van der Waals surface area contributed by atoms with Gasteiger partial charge in [-0.2, -0.15) is 0 Å². The minimum Gasteiger partial charge on any atom is -0.432 e. The number of amides is 2. The number of fused-ring (bicyclic) bond motifs is 2. The third-order valence-electron chi connectivity index (χ3n) is 9.67. The Labute approximate surface area is 281 Å². The molecular weight excluding hydrogens is 625 g/mol. The number of carbonyl (C=O) groups excluding carboxylic acids is 2. The molecule has 3 aromatic carbocycles. The molecule has 0 saturated carbocycles. The van der Waals surface area contributed by atoms with Crippen molar-refractivity contribution in [3.8, 4) is 0 Å². The van der Waals surface area contributed by atoms with Crippen LogP contribution in [0.3, 0.4) is 0 Å². The highest BCUT2D eigenvalue weighted by Crippen LogP contribution is 2.60. The topological polar surface area (TPSA) is 156 Å². The van der Waals surface area contributed by atoms with Gasteiger partial charge in [-0.05, 0) is 67.5 Å². The van der Waals surface area contributed by atoms with Crippen molar-refractivity contribution in [2.75, 3.05) is 29.1 Å². The number of aryl methyl sites for hydroxylation is 1. The second-order valence-corrected chi connectivity index (χ2v) is 17.2. The highest BCUT2D eigenvalue weighted by Gasteiger charge is 2.66. The van der Waals surface area contributed by atoms with Crippen LogP contribution in [0.4, 0.5) is 17.1 Å². The van der Waals surface area contributed by atoms with Crippen LogP contribution in [-0.4, -0.2) is 64.3 Å². The van der Waals surface area contributed by atoms with Gasteiger partial charge >= 0.3 is 0 Å². The van der Waals surface area contributed by atoms with Gasteiger partial charge in [0.15, 0.2) is 13.9 Å². The van der Waals surface area contributed by atoms with Crippen LogP contribution in [0.2, 0.25) is 18.6 Å². The molecule has 3 heterocycles. The van der Waals surface area contributed by atoms with Crippen molar-refractivity contribution in [1.82, 2.24) is 15.0 Å². The number of rotatable bonds is 11. The van der Waals surface area contributed by atoms with Crippen molar-refractivity contribution in [1.29, 1.82) is 0 Å². The first-order valence-electron chi connectivity index (χ1n) is 16.2. The summed E-state index contributed by atoms with van der Waals surface area (Å²) in [5.41, 5.74) is 8.61.